The Bertz CT molecular complexity index is 413. The van der Waals surface area contributed by atoms with E-state index in [1.807, 2.05) is 19.1 Å². The molecule has 0 aliphatic rings. The molecule has 0 fully saturated rings. The van der Waals surface area contributed by atoms with E-state index in [4.69, 9.17) is 14.2 Å². The molecule has 0 aliphatic heterocycles. The summed E-state index contributed by atoms with van der Waals surface area (Å²) in [7, 11) is 1.67. The van der Waals surface area contributed by atoms with Crippen LogP contribution >= 0.6 is 0 Å². The zero-order chi connectivity index (χ0) is 15.7. The van der Waals surface area contributed by atoms with Gasteiger partial charge in [0.2, 0.25) is 0 Å². The van der Waals surface area contributed by atoms with Crippen molar-refractivity contribution in [1.82, 2.24) is 5.32 Å². The standard InChI is InChI=1S/C17H29NO3/c1-6-20-10-7-11-21-16-12-15(19-5)9-8-14(16)13-18-17(2,3)4/h8-9,12,18H,6-7,10-11,13H2,1-5H3. The van der Waals surface area contributed by atoms with Gasteiger partial charge in [-0.2, -0.15) is 0 Å². The van der Waals surface area contributed by atoms with Gasteiger partial charge in [0.25, 0.3) is 0 Å². The molecule has 0 atom stereocenters. The highest BCUT2D eigenvalue weighted by molar-refractivity contribution is 5.40. The van der Waals surface area contributed by atoms with Crippen molar-refractivity contribution in [2.24, 2.45) is 0 Å². The van der Waals surface area contributed by atoms with Gasteiger partial charge in [0.15, 0.2) is 0 Å². The van der Waals surface area contributed by atoms with E-state index in [-0.39, 0.29) is 5.54 Å². The maximum atomic E-state index is 5.89. The first-order chi connectivity index (χ1) is 9.96. The van der Waals surface area contributed by atoms with Crippen molar-refractivity contribution in [1.29, 1.82) is 0 Å². The van der Waals surface area contributed by atoms with E-state index < -0.39 is 0 Å². The van der Waals surface area contributed by atoms with Crippen molar-refractivity contribution in [3.05, 3.63) is 23.8 Å². The average molecular weight is 295 g/mol. The molecule has 0 amide bonds. The fourth-order valence-corrected chi connectivity index (χ4v) is 1.79. The zero-order valence-electron chi connectivity index (χ0n) is 14.0. The zero-order valence-corrected chi connectivity index (χ0v) is 14.0. The third kappa shape index (κ3) is 7.34. The molecule has 1 aromatic rings. The van der Waals surface area contributed by atoms with Gasteiger partial charge in [-0.15, -0.1) is 0 Å². The van der Waals surface area contributed by atoms with Crippen molar-refractivity contribution in [3.8, 4) is 11.5 Å². The summed E-state index contributed by atoms with van der Waals surface area (Å²) >= 11 is 0. The van der Waals surface area contributed by atoms with Crippen LogP contribution in [-0.2, 0) is 11.3 Å². The average Bonchev–Trinajstić information content (AvgIpc) is 2.44. The van der Waals surface area contributed by atoms with Gasteiger partial charge >= 0.3 is 0 Å². The topological polar surface area (TPSA) is 39.7 Å². The molecule has 0 saturated heterocycles. The van der Waals surface area contributed by atoms with Crippen LogP contribution in [0.1, 0.15) is 39.7 Å². The summed E-state index contributed by atoms with van der Waals surface area (Å²) in [6.45, 7) is 11.4. The third-order valence-electron chi connectivity index (χ3n) is 2.98. The molecule has 0 saturated carbocycles. The highest BCUT2D eigenvalue weighted by Crippen LogP contribution is 2.25. The SMILES string of the molecule is CCOCCCOc1cc(OC)ccc1CNC(C)(C)C. The summed E-state index contributed by atoms with van der Waals surface area (Å²) in [5.74, 6) is 1.69. The molecule has 1 N–H and O–H groups in total. The molecule has 120 valence electrons. The maximum absolute atomic E-state index is 5.89. The Labute approximate surface area is 128 Å². The fourth-order valence-electron chi connectivity index (χ4n) is 1.79. The monoisotopic (exact) mass is 295 g/mol. The Hall–Kier alpha value is -1.26. The van der Waals surface area contributed by atoms with Crippen molar-refractivity contribution >= 4 is 0 Å². The third-order valence-corrected chi connectivity index (χ3v) is 2.98. The van der Waals surface area contributed by atoms with Crippen LogP contribution in [0, 0.1) is 0 Å². The lowest BCUT2D eigenvalue weighted by Gasteiger charge is -2.22. The number of methoxy groups -OCH3 is 1. The van der Waals surface area contributed by atoms with Crippen LogP contribution in [0.15, 0.2) is 18.2 Å². The first-order valence-corrected chi connectivity index (χ1v) is 7.58. The van der Waals surface area contributed by atoms with Gasteiger partial charge in [-0.25, -0.2) is 0 Å². The smallest absolute Gasteiger partial charge is 0.127 e. The Morgan fingerprint density at radius 2 is 1.90 bits per heavy atom. The van der Waals surface area contributed by atoms with Crippen LogP contribution < -0.4 is 14.8 Å². The second-order valence-electron chi connectivity index (χ2n) is 5.98. The summed E-state index contributed by atoms with van der Waals surface area (Å²) in [6.07, 6.45) is 0.886. The number of hydrogen-bond acceptors (Lipinski definition) is 4. The minimum absolute atomic E-state index is 0.0756. The maximum Gasteiger partial charge on any atom is 0.127 e. The van der Waals surface area contributed by atoms with Gasteiger partial charge in [-0.1, -0.05) is 6.07 Å². The van der Waals surface area contributed by atoms with Gasteiger partial charge in [0, 0.05) is 43.3 Å². The lowest BCUT2D eigenvalue weighted by atomic mass is 10.1. The summed E-state index contributed by atoms with van der Waals surface area (Å²) in [4.78, 5) is 0. The van der Waals surface area contributed by atoms with E-state index >= 15 is 0 Å². The Morgan fingerprint density at radius 1 is 1.14 bits per heavy atom. The molecule has 0 radical (unpaired) electrons. The van der Waals surface area contributed by atoms with Crippen LogP contribution in [0.5, 0.6) is 11.5 Å². The molecule has 0 unspecified atom stereocenters. The molecular weight excluding hydrogens is 266 g/mol. The summed E-state index contributed by atoms with van der Waals surface area (Å²) in [6, 6.07) is 5.96. The summed E-state index contributed by atoms with van der Waals surface area (Å²) < 4.78 is 16.5. The minimum atomic E-state index is 0.0756. The lowest BCUT2D eigenvalue weighted by Crippen LogP contribution is -2.35. The molecule has 0 aliphatic carbocycles. The Kier molecular flexibility index (Phi) is 7.54. The van der Waals surface area contributed by atoms with E-state index in [1.165, 1.54) is 0 Å². The number of ether oxygens (including phenoxy) is 3. The van der Waals surface area contributed by atoms with E-state index in [0.29, 0.717) is 6.61 Å². The van der Waals surface area contributed by atoms with Crippen molar-refractivity contribution in [3.63, 3.8) is 0 Å². The second-order valence-corrected chi connectivity index (χ2v) is 5.98. The van der Waals surface area contributed by atoms with Crippen LogP contribution in [0.3, 0.4) is 0 Å². The normalized spacial score (nSPS) is 11.5. The molecule has 1 aromatic carbocycles. The van der Waals surface area contributed by atoms with Crippen LogP contribution in [-0.4, -0.2) is 32.5 Å². The van der Waals surface area contributed by atoms with Gasteiger partial charge in [0.05, 0.1) is 13.7 Å². The molecule has 4 heteroatoms. The van der Waals surface area contributed by atoms with E-state index in [2.05, 4.69) is 32.2 Å². The van der Waals surface area contributed by atoms with Crippen molar-refractivity contribution in [2.75, 3.05) is 26.9 Å². The van der Waals surface area contributed by atoms with E-state index in [1.54, 1.807) is 7.11 Å². The highest BCUT2D eigenvalue weighted by Gasteiger charge is 2.12. The van der Waals surface area contributed by atoms with Crippen molar-refractivity contribution < 1.29 is 14.2 Å². The van der Waals surface area contributed by atoms with E-state index in [9.17, 15) is 0 Å². The predicted molar refractivity (Wildman–Crippen MR) is 86.2 cm³/mol. The molecule has 21 heavy (non-hydrogen) atoms. The molecule has 0 bridgehead atoms. The molecule has 0 heterocycles. The first-order valence-electron chi connectivity index (χ1n) is 7.58. The molecule has 1 rings (SSSR count). The van der Waals surface area contributed by atoms with Gasteiger partial charge in [-0.3, -0.25) is 0 Å². The number of benzene rings is 1. The molecular formula is C17H29NO3. The molecule has 4 nitrogen and oxygen atoms in total. The fraction of sp³-hybridized carbons (Fsp3) is 0.647. The second kappa shape index (κ2) is 8.90. The summed E-state index contributed by atoms with van der Waals surface area (Å²) in [5.41, 5.74) is 1.22. The van der Waals surface area contributed by atoms with Crippen LogP contribution in [0.2, 0.25) is 0 Å². The van der Waals surface area contributed by atoms with Gasteiger partial charge in [0.1, 0.15) is 11.5 Å². The highest BCUT2D eigenvalue weighted by atomic mass is 16.5. The van der Waals surface area contributed by atoms with Crippen LogP contribution in [0.25, 0.3) is 0 Å². The minimum Gasteiger partial charge on any atom is -0.497 e. The predicted octanol–water partition coefficient (Wildman–Crippen LogP) is 3.39. The summed E-state index contributed by atoms with van der Waals surface area (Å²) in [5, 5.41) is 3.48. The van der Waals surface area contributed by atoms with Gasteiger partial charge < -0.3 is 19.5 Å². The van der Waals surface area contributed by atoms with Gasteiger partial charge in [-0.05, 0) is 33.8 Å². The van der Waals surface area contributed by atoms with Crippen LogP contribution in [0.4, 0.5) is 0 Å². The Balaban J connectivity index is 2.63. The number of hydrogen-bond donors (Lipinski definition) is 1. The Morgan fingerprint density at radius 3 is 2.52 bits per heavy atom. The number of rotatable bonds is 9. The largest absolute Gasteiger partial charge is 0.497 e. The molecule has 0 aromatic heterocycles. The number of nitrogens with one attached hydrogen (secondary N) is 1. The first kappa shape index (κ1) is 17.8. The van der Waals surface area contributed by atoms with Crippen molar-refractivity contribution in [2.45, 2.75) is 46.2 Å². The molecule has 0 spiro atoms. The van der Waals surface area contributed by atoms with E-state index in [0.717, 1.165) is 43.2 Å². The lowest BCUT2D eigenvalue weighted by molar-refractivity contribution is 0.130. The quantitative estimate of drug-likeness (QED) is 0.709.